The predicted molar refractivity (Wildman–Crippen MR) is 88.4 cm³/mol. The highest BCUT2D eigenvalue weighted by Gasteiger charge is 2.05. The van der Waals surface area contributed by atoms with Crippen LogP contribution in [0.25, 0.3) is 5.65 Å². The lowest BCUT2D eigenvalue weighted by Gasteiger charge is -2.15. The fraction of sp³-hybridized carbons (Fsp3) is 0.312. The Labute approximate surface area is 129 Å². The van der Waals surface area contributed by atoms with Crippen molar-refractivity contribution in [1.29, 1.82) is 0 Å². The molecule has 0 bridgehead atoms. The normalized spacial score (nSPS) is 10.9. The van der Waals surface area contributed by atoms with Gasteiger partial charge in [0.2, 0.25) is 0 Å². The van der Waals surface area contributed by atoms with Crippen LogP contribution >= 0.6 is 0 Å². The van der Waals surface area contributed by atoms with Crippen LogP contribution in [0.5, 0.6) is 0 Å². The number of aromatic nitrogens is 4. The van der Waals surface area contributed by atoms with Gasteiger partial charge < -0.3 is 10.2 Å². The van der Waals surface area contributed by atoms with E-state index in [-0.39, 0.29) is 0 Å². The molecule has 3 aromatic rings. The molecule has 0 radical (unpaired) electrons. The second-order valence-electron chi connectivity index (χ2n) is 5.59. The molecule has 0 spiro atoms. The molecule has 2 heterocycles. The van der Waals surface area contributed by atoms with E-state index < -0.39 is 0 Å². The number of anilines is 2. The minimum atomic E-state index is 0.735. The van der Waals surface area contributed by atoms with Crippen LogP contribution in [-0.2, 0) is 6.54 Å². The van der Waals surface area contributed by atoms with Crippen molar-refractivity contribution in [2.45, 2.75) is 20.4 Å². The molecular weight excluding hydrogens is 276 g/mol. The molecule has 0 atom stereocenters. The molecule has 6 heteroatoms. The molecule has 0 unspecified atom stereocenters. The maximum absolute atomic E-state index is 4.50. The van der Waals surface area contributed by atoms with Crippen molar-refractivity contribution in [2.75, 3.05) is 24.3 Å². The maximum atomic E-state index is 4.50. The average Bonchev–Trinajstić information content (AvgIpc) is 2.87. The molecule has 114 valence electrons. The van der Waals surface area contributed by atoms with Crippen molar-refractivity contribution >= 4 is 17.2 Å². The smallest absolute Gasteiger partial charge is 0.178 e. The Bertz CT molecular complexity index is 806. The largest absolute Gasteiger partial charge is 0.378 e. The number of benzene rings is 1. The van der Waals surface area contributed by atoms with E-state index in [0.717, 1.165) is 23.8 Å². The Balaban J connectivity index is 1.77. The summed E-state index contributed by atoms with van der Waals surface area (Å²) in [4.78, 5) is 2.11. The number of fused-ring (bicyclic) bond motifs is 1. The molecule has 0 aliphatic rings. The lowest BCUT2D eigenvalue weighted by Crippen LogP contribution is -2.10. The summed E-state index contributed by atoms with van der Waals surface area (Å²) < 4.78 is 1.74. The fourth-order valence-corrected chi connectivity index (χ4v) is 2.33. The SMILES string of the molecule is Cc1cc(N(C)C)ccc1CNc1ccc2nnc(C)n2n1. The summed E-state index contributed by atoms with van der Waals surface area (Å²) in [5.41, 5.74) is 4.49. The molecular formula is C16H20N6. The number of hydrogen-bond acceptors (Lipinski definition) is 5. The summed E-state index contributed by atoms with van der Waals surface area (Å²) in [6.45, 7) is 4.75. The van der Waals surface area contributed by atoms with Crippen molar-refractivity contribution in [3.05, 3.63) is 47.3 Å². The highest BCUT2D eigenvalue weighted by molar-refractivity contribution is 5.50. The lowest BCUT2D eigenvalue weighted by molar-refractivity contribution is 0.870. The maximum Gasteiger partial charge on any atom is 0.178 e. The number of nitrogens with one attached hydrogen (secondary N) is 1. The first kappa shape index (κ1) is 14.3. The topological polar surface area (TPSA) is 58.3 Å². The van der Waals surface area contributed by atoms with Crippen LogP contribution in [0.1, 0.15) is 17.0 Å². The van der Waals surface area contributed by atoms with Gasteiger partial charge in [0.25, 0.3) is 0 Å². The molecule has 0 saturated heterocycles. The minimum absolute atomic E-state index is 0.735. The monoisotopic (exact) mass is 296 g/mol. The zero-order chi connectivity index (χ0) is 15.7. The molecule has 1 aromatic carbocycles. The van der Waals surface area contributed by atoms with Gasteiger partial charge in [-0.25, -0.2) is 0 Å². The Morgan fingerprint density at radius 2 is 1.91 bits per heavy atom. The summed E-state index contributed by atoms with van der Waals surface area (Å²) in [6, 6.07) is 10.3. The van der Waals surface area contributed by atoms with E-state index in [4.69, 9.17) is 0 Å². The first-order valence-corrected chi connectivity index (χ1v) is 7.24. The van der Waals surface area contributed by atoms with Gasteiger partial charge in [-0.15, -0.1) is 15.3 Å². The van der Waals surface area contributed by atoms with Crippen LogP contribution in [0, 0.1) is 13.8 Å². The molecule has 2 aromatic heterocycles. The van der Waals surface area contributed by atoms with Crippen LogP contribution in [0.4, 0.5) is 11.5 Å². The third-order valence-corrected chi connectivity index (χ3v) is 3.72. The molecule has 1 N–H and O–H groups in total. The second kappa shape index (κ2) is 5.63. The van der Waals surface area contributed by atoms with Crippen LogP contribution < -0.4 is 10.2 Å². The van der Waals surface area contributed by atoms with Gasteiger partial charge in [0.05, 0.1) is 0 Å². The van der Waals surface area contributed by atoms with Gasteiger partial charge in [-0.2, -0.15) is 4.52 Å². The first-order chi connectivity index (χ1) is 10.5. The molecule has 0 amide bonds. The molecule has 0 aliphatic heterocycles. The lowest BCUT2D eigenvalue weighted by atomic mass is 10.1. The van der Waals surface area contributed by atoms with Gasteiger partial charge in [0, 0.05) is 26.3 Å². The third-order valence-electron chi connectivity index (χ3n) is 3.72. The van der Waals surface area contributed by atoms with Crippen molar-refractivity contribution in [1.82, 2.24) is 19.8 Å². The summed E-state index contributed by atoms with van der Waals surface area (Å²) in [5.74, 6) is 1.59. The number of aryl methyl sites for hydroxylation is 2. The van der Waals surface area contributed by atoms with Gasteiger partial charge in [-0.3, -0.25) is 0 Å². The van der Waals surface area contributed by atoms with E-state index >= 15 is 0 Å². The Hall–Kier alpha value is -2.63. The highest BCUT2D eigenvalue weighted by atomic mass is 15.4. The van der Waals surface area contributed by atoms with Gasteiger partial charge >= 0.3 is 0 Å². The van der Waals surface area contributed by atoms with Crippen molar-refractivity contribution in [2.24, 2.45) is 0 Å². The standard InChI is InChI=1S/C16H20N6/c1-11-9-14(21(3)4)6-5-13(11)10-17-15-7-8-16-19-18-12(2)22(16)20-15/h5-9H,10H2,1-4H3,(H,17,20). The summed E-state index contributed by atoms with van der Waals surface area (Å²) in [7, 11) is 4.10. The minimum Gasteiger partial charge on any atom is -0.378 e. The Kier molecular flexibility index (Phi) is 3.66. The third kappa shape index (κ3) is 2.72. The van der Waals surface area contributed by atoms with E-state index in [0.29, 0.717) is 0 Å². The number of rotatable bonds is 4. The summed E-state index contributed by atoms with van der Waals surface area (Å²) in [5, 5.41) is 15.9. The zero-order valence-corrected chi connectivity index (χ0v) is 13.3. The average molecular weight is 296 g/mol. The number of nitrogens with zero attached hydrogens (tertiary/aromatic N) is 5. The van der Waals surface area contributed by atoms with Crippen molar-refractivity contribution < 1.29 is 0 Å². The zero-order valence-electron chi connectivity index (χ0n) is 13.3. The van der Waals surface area contributed by atoms with E-state index in [1.165, 1.54) is 16.8 Å². The molecule has 0 fully saturated rings. The Morgan fingerprint density at radius 1 is 1.09 bits per heavy atom. The number of hydrogen-bond donors (Lipinski definition) is 1. The molecule has 0 aliphatic carbocycles. The quantitative estimate of drug-likeness (QED) is 0.801. The molecule has 22 heavy (non-hydrogen) atoms. The van der Waals surface area contributed by atoms with E-state index in [9.17, 15) is 0 Å². The van der Waals surface area contributed by atoms with Gasteiger partial charge in [0.1, 0.15) is 5.82 Å². The predicted octanol–water partition coefficient (Wildman–Crippen LogP) is 2.42. The van der Waals surface area contributed by atoms with E-state index in [1.54, 1.807) is 4.52 Å². The highest BCUT2D eigenvalue weighted by Crippen LogP contribution is 2.18. The summed E-state index contributed by atoms with van der Waals surface area (Å²) in [6.07, 6.45) is 0. The van der Waals surface area contributed by atoms with Crippen LogP contribution in [0.3, 0.4) is 0 Å². The van der Waals surface area contributed by atoms with Crippen LogP contribution in [0.15, 0.2) is 30.3 Å². The molecule has 0 saturated carbocycles. The first-order valence-electron chi connectivity index (χ1n) is 7.24. The van der Waals surface area contributed by atoms with Gasteiger partial charge in [-0.1, -0.05) is 6.07 Å². The van der Waals surface area contributed by atoms with Crippen LogP contribution in [0.2, 0.25) is 0 Å². The van der Waals surface area contributed by atoms with Gasteiger partial charge in [0.15, 0.2) is 11.5 Å². The van der Waals surface area contributed by atoms with E-state index in [1.807, 2.05) is 33.2 Å². The second-order valence-corrected chi connectivity index (χ2v) is 5.59. The van der Waals surface area contributed by atoms with Gasteiger partial charge in [-0.05, 0) is 49.2 Å². The Morgan fingerprint density at radius 3 is 2.64 bits per heavy atom. The van der Waals surface area contributed by atoms with E-state index in [2.05, 4.69) is 50.6 Å². The molecule has 6 nitrogen and oxygen atoms in total. The van der Waals surface area contributed by atoms with Crippen LogP contribution in [-0.4, -0.2) is 33.9 Å². The van der Waals surface area contributed by atoms with Crippen molar-refractivity contribution in [3.63, 3.8) is 0 Å². The summed E-state index contributed by atoms with van der Waals surface area (Å²) >= 11 is 0. The fourth-order valence-electron chi connectivity index (χ4n) is 2.33. The van der Waals surface area contributed by atoms with Crippen molar-refractivity contribution in [3.8, 4) is 0 Å². The molecule has 3 rings (SSSR count).